The van der Waals surface area contributed by atoms with Crippen LogP contribution in [0.15, 0.2) is 12.4 Å². The van der Waals surface area contributed by atoms with Crippen LogP contribution in [0.2, 0.25) is 0 Å². The molecular weight excluding hydrogens is 178 g/mol. The maximum absolute atomic E-state index is 11.4. The van der Waals surface area contributed by atoms with Crippen molar-refractivity contribution in [1.82, 2.24) is 13.5 Å². The quantitative estimate of drug-likeness (QED) is 0.650. The fraction of sp³-hybridized carbons (Fsp3) is 0.500. The first-order valence-electron chi connectivity index (χ1n) is 3.39. The molecule has 6 heteroatoms. The van der Waals surface area contributed by atoms with Gasteiger partial charge in [0.15, 0.2) is 0 Å². The molecule has 0 saturated carbocycles. The molecule has 1 heterocycles. The molecule has 12 heavy (non-hydrogen) atoms. The van der Waals surface area contributed by atoms with Gasteiger partial charge in [0.2, 0.25) is 0 Å². The molecule has 0 saturated heterocycles. The fourth-order valence-corrected chi connectivity index (χ4v) is 1.48. The van der Waals surface area contributed by atoms with Gasteiger partial charge >= 0.3 is 10.2 Å². The summed E-state index contributed by atoms with van der Waals surface area (Å²) in [4.78, 5) is 0. The fourth-order valence-electron chi connectivity index (χ4n) is 0.682. The molecule has 0 unspecified atom stereocenters. The van der Waals surface area contributed by atoms with E-state index < -0.39 is 10.2 Å². The standard InChI is InChI=1S/C6H11N3O2S/c1-6-4-7-9(5-6)12(10,11)8(2)3/h4-5H,1-3H3. The maximum atomic E-state index is 11.4. The second kappa shape index (κ2) is 2.87. The van der Waals surface area contributed by atoms with Gasteiger partial charge in [0, 0.05) is 20.3 Å². The van der Waals surface area contributed by atoms with Crippen LogP contribution < -0.4 is 0 Å². The zero-order chi connectivity index (χ0) is 9.35. The molecule has 0 aliphatic heterocycles. The highest BCUT2D eigenvalue weighted by atomic mass is 32.2. The van der Waals surface area contributed by atoms with Crippen molar-refractivity contribution >= 4 is 10.2 Å². The summed E-state index contributed by atoms with van der Waals surface area (Å²) in [6.07, 6.45) is 2.97. The van der Waals surface area contributed by atoms with E-state index in [1.165, 1.54) is 26.5 Å². The molecule has 0 aromatic carbocycles. The van der Waals surface area contributed by atoms with Crippen LogP contribution in [0.4, 0.5) is 0 Å². The Bertz CT molecular complexity index is 366. The van der Waals surface area contributed by atoms with Gasteiger partial charge in [-0.2, -0.15) is 21.9 Å². The number of aryl methyl sites for hydroxylation is 1. The average Bonchev–Trinajstić information content (AvgIpc) is 2.35. The number of aromatic nitrogens is 2. The molecule has 0 amide bonds. The van der Waals surface area contributed by atoms with Gasteiger partial charge in [-0.3, -0.25) is 0 Å². The first-order valence-corrected chi connectivity index (χ1v) is 4.78. The minimum Gasteiger partial charge on any atom is -0.189 e. The van der Waals surface area contributed by atoms with E-state index in [-0.39, 0.29) is 0 Å². The molecule has 0 aliphatic rings. The van der Waals surface area contributed by atoms with Gasteiger partial charge in [-0.15, -0.1) is 0 Å². The van der Waals surface area contributed by atoms with Crippen molar-refractivity contribution in [2.75, 3.05) is 14.1 Å². The zero-order valence-electron chi connectivity index (χ0n) is 7.22. The van der Waals surface area contributed by atoms with Gasteiger partial charge in [0.1, 0.15) is 0 Å². The minimum absolute atomic E-state index is 0.820. The van der Waals surface area contributed by atoms with E-state index in [1.807, 2.05) is 0 Å². The molecular formula is C6H11N3O2S. The minimum atomic E-state index is -3.42. The number of rotatable bonds is 2. The van der Waals surface area contributed by atoms with Crippen LogP contribution in [0.1, 0.15) is 5.56 Å². The predicted molar refractivity (Wildman–Crippen MR) is 45.0 cm³/mol. The molecule has 68 valence electrons. The summed E-state index contributed by atoms with van der Waals surface area (Å²) in [5.74, 6) is 0. The van der Waals surface area contributed by atoms with Gasteiger partial charge in [0.05, 0.1) is 6.20 Å². The Labute approximate surface area is 71.8 Å². The summed E-state index contributed by atoms with van der Waals surface area (Å²) < 4.78 is 24.8. The number of hydrogen-bond donors (Lipinski definition) is 0. The van der Waals surface area contributed by atoms with Crippen molar-refractivity contribution in [3.63, 3.8) is 0 Å². The number of hydrogen-bond acceptors (Lipinski definition) is 3. The molecule has 0 bridgehead atoms. The van der Waals surface area contributed by atoms with Crippen LogP contribution in [0, 0.1) is 6.92 Å². The molecule has 0 fully saturated rings. The van der Waals surface area contributed by atoms with Crippen LogP contribution in [0.5, 0.6) is 0 Å². The van der Waals surface area contributed by atoms with Gasteiger partial charge in [-0.1, -0.05) is 0 Å². The second-order valence-electron chi connectivity index (χ2n) is 2.68. The Balaban J connectivity index is 3.15. The lowest BCUT2D eigenvalue weighted by atomic mass is 10.4. The summed E-state index contributed by atoms with van der Waals surface area (Å²) in [6, 6.07) is 0. The van der Waals surface area contributed by atoms with Gasteiger partial charge < -0.3 is 0 Å². The van der Waals surface area contributed by atoms with E-state index in [9.17, 15) is 8.42 Å². The molecule has 1 aromatic rings. The highest BCUT2D eigenvalue weighted by Crippen LogP contribution is 2.01. The third-order valence-electron chi connectivity index (χ3n) is 1.39. The van der Waals surface area contributed by atoms with Crippen LogP contribution in [-0.2, 0) is 10.2 Å². The Morgan fingerprint density at radius 3 is 2.42 bits per heavy atom. The summed E-state index contributed by atoms with van der Waals surface area (Å²) in [5.41, 5.74) is 0.820. The van der Waals surface area contributed by atoms with Crippen molar-refractivity contribution in [3.8, 4) is 0 Å². The van der Waals surface area contributed by atoms with Crippen molar-refractivity contribution in [1.29, 1.82) is 0 Å². The Morgan fingerprint density at radius 1 is 1.50 bits per heavy atom. The van der Waals surface area contributed by atoms with E-state index >= 15 is 0 Å². The van der Waals surface area contributed by atoms with E-state index in [4.69, 9.17) is 0 Å². The van der Waals surface area contributed by atoms with Crippen LogP contribution in [0.3, 0.4) is 0 Å². The van der Waals surface area contributed by atoms with E-state index in [2.05, 4.69) is 5.10 Å². The molecule has 0 atom stereocenters. The summed E-state index contributed by atoms with van der Waals surface area (Å²) in [6.45, 7) is 1.79. The Morgan fingerprint density at radius 2 is 2.08 bits per heavy atom. The highest BCUT2D eigenvalue weighted by molar-refractivity contribution is 7.87. The van der Waals surface area contributed by atoms with Crippen molar-refractivity contribution in [3.05, 3.63) is 18.0 Å². The number of nitrogens with zero attached hydrogens (tertiary/aromatic N) is 3. The Kier molecular flexibility index (Phi) is 2.20. The average molecular weight is 189 g/mol. The predicted octanol–water partition coefficient (Wildman–Crippen LogP) is -0.154. The van der Waals surface area contributed by atoms with Crippen molar-refractivity contribution in [2.24, 2.45) is 0 Å². The molecule has 1 rings (SSSR count). The summed E-state index contributed by atoms with van der Waals surface area (Å²) in [7, 11) is -0.488. The monoisotopic (exact) mass is 189 g/mol. The zero-order valence-corrected chi connectivity index (χ0v) is 8.04. The smallest absolute Gasteiger partial charge is 0.189 e. The van der Waals surface area contributed by atoms with Gasteiger partial charge in [-0.05, 0) is 12.5 Å². The first-order chi connectivity index (χ1) is 5.44. The van der Waals surface area contributed by atoms with Gasteiger partial charge in [-0.25, -0.2) is 0 Å². The van der Waals surface area contributed by atoms with Crippen LogP contribution >= 0.6 is 0 Å². The van der Waals surface area contributed by atoms with Crippen LogP contribution in [0.25, 0.3) is 0 Å². The second-order valence-corrected chi connectivity index (χ2v) is 4.68. The first kappa shape index (κ1) is 9.21. The molecule has 0 spiro atoms. The van der Waals surface area contributed by atoms with E-state index in [0.717, 1.165) is 14.0 Å². The molecule has 0 radical (unpaired) electrons. The largest absolute Gasteiger partial charge is 0.322 e. The Hall–Kier alpha value is -0.880. The van der Waals surface area contributed by atoms with E-state index in [0.29, 0.717) is 0 Å². The molecule has 0 N–H and O–H groups in total. The lowest BCUT2D eigenvalue weighted by molar-refractivity contribution is 0.504. The third-order valence-corrected chi connectivity index (χ3v) is 2.98. The SMILES string of the molecule is Cc1cnn(S(=O)(=O)N(C)C)c1. The maximum Gasteiger partial charge on any atom is 0.322 e. The van der Waals surface area contributed by atoms with Crippen molar-refractivity contribution < 1.29 is 8.42 Å². The molecule has 0 aliphatic carbocycles. The topological polar surface area (TPSA) is 55.2 Å². The lowest BCUT2D eigenvalue weighted by Gasteiger charge is -2.09. The summed E-state index contributed by atoms with van der Waals surface area (Å²) in [5, 5.41) is 3.70. The molecule has 1 aromatic heterocycles. The van der Waals surface area contributed by atoms with Gasteiger partial charge in [0.25, 0.3) is 0 Å². The lowest BCUT2D eigenvalue weighted by Crippen LogP contribution is -2.29. The van der Waals surface area contributed by atoms with Crippen LogP contribution in [-0.4, -0.2) is 36.0 Å². The third kappa shape index (κ3) is 1.49. The summed E-state index contributed by atoms with van der Waals surface area (Å²) >= 11 is 0. The van der Waals surface area contributed by atoms with Crippen molar-refractivity contribution in [2.45, 2.75) is 6.92 Å². The molecule has 5 nitrogen and oxygen atoms in total. The van der Waals surface area contributed by atoms with E-state index in [1.54, 1.807) is 6.92 Å². The normalized spacial score (nSPS) is 12.3. The highest BCUT2D eigenvalue weighted by Gasteiger charge is 2.15.